The van der Waals surface area contributed by atoms with Crippen molar-refractivity contribution in [1.29, 1.82) is 0 Å². The average molecular weight is 309 g/mol. The van der Waals surface area contributed by atoms with Gasteiger partial charge in [0.25, 0.3) is 0 Å². The third-order valence-electron chi connectivity index (χ3n) is 3.11. The minimum absolute atomic E-state index is 0.0268. The van der Waals surface area contributed by atoms with Crippen LogP contribution in [0.15, 0.2) is 29.2 Å². The highest BCUT2D eigenvalue weighted by Crippen LogP contribution is 2.27. The number of rotatable bonds is 3. The van der Waals surface area contributed by atoms with Crippen molar-refractivity contribution in [1.82, 2.24) is 5.32 Å². The molecule has 1 aliphatic heterocycles. The van der Waals surface area contributed by atoms with Gasteiger partial charge >= 0.3 is 6.36 Å². The van der Waals surface area contributed by atoms with Crippen LogP contribution in [0.3, 0.4) is 0 Å². The third kappa shape index (κ3) is 3.63. The van der Waals surface area contributed by atoms with Crippen LogP contribution in [-0.4, -0.2) is 33.1 Å². The summed E-state index contributed by atoms with van der Waals surface area (Å²) in [7, 11) is -3.50. The van der Waals surface area contributed by atoms with Crippen molar-refractivity contribution in [2.24, 2.45) is 0 Å². The normalized spacial score (nSPS) is 17.9. The molecule has 0 spiro atoms. The quantitative estimate of drug-likeness (QED) is 0.929. The number of sulfone groups is 1. The highest BCUT2D eigenvalue weighted by molar-refractivity contribution is 7.92. The van der Waals surface area contributed by atoms with Crippen LogP contribution in [0.5, 0.6) is 5.75 Å². The van der Waals surface area contributed by atoms with Gasteiger partial charge in [-0.05, 0) is 50.2 Å². The van der Waals surface area contributed by atoms with E-state index in [2.05, 4.69) is 10.1 Å². The van der Waals surface area contributed by atoms with Crippen LogP contribution in [0, 0.1) is 0 Å². The number of ether oxygens (including phenoxy) is 1. The maximum absolute atomic E-state index is 12.3. The molecule has 0 atom stereocenters. The minimum Gasteiger partial charge on any atom is -0.406 e. The Morgan fingerprint density at radius 1 is 1.10 bits per heavy atom. The highest BCUT2D eigenvalue weighted by atomic mass is 32.2. The first-order valence-corrected chi connectivity index (χ1v) is 7.64. The van der Waals surface area contributed by atoms with E-state index in [4.69, 9.17) is 0 Å². The van der Waals surface area contributed by atoms with E-state index in [0.29, 0.717) is 25.9 Å². The second-order valence-corrected chi connectivity index (χ2v) is 6.74. The largest absolute Gasteiger partial charge is 0.573 e. The Kier molecular flexibility index (Phi) is 4.24. The Morgan fingerprint density at radius 3 is 2.15 bits per heavy atom. The number of hydrogen-bond donors (Lipinski definition) is 1. The summed E-state index contributed by atoms with van der Waals surface area (Å²) in [5.41, 5.74) is 0. The maximum atomic E-state index is 12.3. The van der Waals surface area contributed by atoms with E-state index < -0.39 is 27.2 Å². The molecule has 0 saturated carbocycles. The molecule has 0 aliphatic carbocycles. The molecule has 1 aromatic rings. The third-order valence-corrected chi connectivity index (χ3v) is 5.39. The fourth-order valence-electron chi connectivity index (χ4n) is 2.13. The van der Waals surface area contributed by atoms with Crippen LogP contribution in [0.2, 0.25) is 0 Å². The van der Waals surface area contributed by atoms with Gasteiger partial charge in [0.15, 0.2) is 9.84 Å². The van der Waals surface area contributed by atoms with Gasteiger partial charge in [-0.1, -0.05) is 0 Å². The fraction of sp³-hybridized carbons (Fsp3) is 0.500. The minimum atomic E-state index is -4.78. The van der Waals surface area contributed by atoms with Gasteiger partial charge in [-0.25, -0.2) is 8.42 Å². The van der Waals surface area contributed by atoms with Crippen molar-refractivity contribution in [3.05, 3.63) is 24.3 Å². The number of alkyl halides is 3. The molecule has 1 N–H and O–H groups in total. The van der Waals surface area contributed by atoms with E-state index in [1.807, 2.05) is 0 Å². The maximum Gasteiger partial charge on any atom is 0.573 e. The van der Waals surface area contributed by atoms with Crippen LogP contribution >= 0.6 is 0 Å². The zero-order chi connectivity index (χ0) is 14.8. The molecule has 1 heterocycles. The lowest BCUT2D eigenvalue weighted by Gasteiger charge is -2.22. The number of benzene rings is 1. The molecule has 2 rings (SSSR count). The summed E-state index contributed by atoms with van der Waals surface area (Å²) in [6.45, 7) is 1.25. The molecule has 0 bridgehead atoms. The summed E-state index contributed by atoms with van der Waals surface area (Å²) in [4.78, 5) is 0.0268. The summed E-state index contributed by atoms with van der Waals surface area (Å²) >= 11 is 0. The molecule has 112 valence electrons. The van der Waals surface area contributed by atoms with Crippen LogP contribution in [0.25, 0.3) is 0 Å². The number of hydrogen-bond acceptors (Lipinski definition) is 4. The molecule has 1 fully saturated rings. The van der Waals surface area contributed by atoms with Crippen molar-refractivity contribution in [3.8, 4) is 5.75 Å². The second kappa shape index (κ2) is 5.61. The van der Waals surface area contributed by atoms with Crippen molar-refractivity contribution >= 4 is 9.84 Å². The first-order valence-electron chi connectivity index (χ1n) is 6.09. The molecule has 1 saturated heterocycles. The summed E-state index contributed by atoms with van der Waals surface area (Å²) in [5.74, 6) is -0.429. The van der Waals surface area contributed by atoms with Gasteiger partial charge in [0.2, 0.25) is 0 Å². The summed E-state index contributed by atoms with van der Waals surface area (Å²) in [6, 6.07) is 4.33. The predicted octanol–water partition coefficient (Wildman–Crippen LogP) is 2.11. The lowest BCUT2D eigenvalue weighted by Crippen LogP contribution is -2.35. The van der Waals surface area contributed by atoms with Crippen molar-refractivity contribution in [3.63, 3.8) is 0 Å². The molecule has 0 aromatic heterocycles. The molecule has 1 aliphatic rings. The van der Waals surface area contributed by atoms with Gasteiger partial charge in [-0.3, -0.25) is 0 Å². The van der Waals surface area contributed by atoms with Crippen molar-refractivity contribution in [2.75, 3.05) is 13.1 Å². The fourth-order valence-corrected chi connectivity index (χ4v) is 3.89. The van der Waals surface area contributed by atoms with Crippen LogP contribution in [0.4, 0.5) is 13.2 Å². The zero-order valence-electron chi connectivity index (χ0n) is 10.5. The van der Waals surface area contributed by atoms with Crippen LogP contribution < -0.4 is 10.1 Å². The molecule has 0 unspecified atom stereocenters. The predicted molar refractivity (Wildman–Crippen MR) is 66.2 cm³/mol. The molecular formula is C12H14F3NO3S. The first kappa shape index (κ1) is 15.1. The molecular weight excluding hydrogens is 295 g/mol. The van der Waals surface area contributed by atoms with Gasteiger partial charge in [0.05, 0.1) is 10.1 Å². The lowest BCUT2D eigenvalue weighted by atomic mass is 10.2. The average Bonchev–Trinajstić information content (AvgIpc) is 2.38. The van der Waals surface area contributed by atoms with E-state index in [0.717, 1.165) is 24.3 Å². The Morgan fingerprint density at radius 2 is 1.65 bits per heavy atom. The smallest absolute Gasteiger partial charge is 0.406 e. The van der Waals surface area contributed by atoms with Crippen LogP contribution in [0.1, 0.15) is 12.8 Å². The van der Waals surface area contributed by atoms with Gasteiger partial charge in [-0.2, -0.15) is 0 Å². The summed E-state index contributed by atoms with van der Waals surface area (Å²) < 4.78 is 64.4. The van der Waals surface area contributed by atoms with E-state index in [-0.39, 0.29) is 4.90 Å². The van der Waals surface area contributed by atoms with Crippen molar-refractivity contribution in [2.45, 2.75) is 29.3 Å². The van der Waals surface area contributed by atoms with Gasteiger partial charge in [0.1, 0.15) is 5.75 Å². The molecule has 1 aromatic carbocycles. The summed E-state index contributed by atoms with van der Waals surface area (Å²) in [5, 5.41) is 2.58. The Hall–Kier alpha value is -1.28. The van der Waals surface area contributed by atoms with E-state index in [1.54, 1.807) is 0 Å². The van der Waals surface area contributed by atoms with E-state index >= 15 is 0 Å². The number of halogens is 3. The second-order valence-electron chi connectivity index (χ2n) is 4.51. The Bertz CT molecular complexity index is 548. The highest BCUT2D eigenvalue weighted by Gasteiger charge is 2.32. The molecule has 4 nitrogen and oxygen atoms in total. The number of piperidine rings is 1. The first-order chi connectivity index (χ1) is 9.29. The van der Waals surface area contributed by atoms with Gasteiger partial charge in [0, 0.05) is 0 Å². The van der Waals surface area contributed by atoms with Gasteiger partial charge in [-0.15, -0.1) is 13.2 Å². The van der Waals surface area contributed by atoms with E-state index in [9.17, 15) is 21.6 Å². The monoisotopic (exact) mass is 309 g/mol. The molecule has 0 amide bonds. The Balaban J connectivity index is 2.16. The van der Waals surface area contributed by atoms with Crippen molar-refractivity contribution < 1.29 is 26.3 Å². The molecule has 0 radical (unpaired) electrons. The standard InChI is InChI=1S/C12H14F3NO3S/c13-12(14,15)19-9-1-3-10(4-2-9)20(17,18)11-5-7-16-8-6-11/h1-4,11,16H,5-8H2. The topological polar surface area (TPSA) is 55.4 Å². The van der Waals surface area contributed by atoms with E-state index in [1.165, 1.54) is 0 Å². The lowest BCUT2D eigenvalue weighted by molar-refractivity contribution is -0.274. The molecule has 8 heteroatoms. The number of nitrogens with one attached hydrogen (secondary N) is 1. The summed E-state index contributed by atoms with van der Waals surface area (Å²) in [6.07, 6.45) is -3.78. The van der Waals surface area contributed by atoms with Crippen LogP contribution in [-0.2, 0) is 9.84 Å². The zero-order valence-corrected chi connectivity index (χ0v) is 11.3. The molecule has 20 heavy (non-hydrogen) atoms. The van der Waals surface area contributed by atoms with Gasteiger partial charge < -0.3 is 10.1 Å². The SMILES string of the molecule is O=S(=O)(c1ccc(OC(F)(F)F)cc1)C1CCNCC1. The Labute approximate surface area is 114 Å².